The first-order chi connectivity index (χ1) is 13.7. The Labute approximate surface area is 165 Å². The van der Waals surface area contributed by atoms with Crippen LogP contribution in [0.3, 0.4) is 0 Å². The van der Waals surface area contributed by atoms with Gasteiger partial charge in [-0.3, -0.25) is 4.79 Å². The molecule has 1 aliphatic carbocycles. The number of amides is 1. The first-order valence-corrected chi connectivity index (χ1v) is 9.75. The average molecular weight is 375 g/mol. The van der Waals surface area contributed by atoms with E-state index in [1.807, 2.05) is 50.5 Å². The highest BCUT2D eigenvalue weighted by molar-refractivity contribution is 6.09. The Hall–Kier alpha value is -2.92. The Balaban J connectivity index is 1.88. The van der Waals surface area contributed by atoms with Gasteiger partial charge in [0.25, 0.3) is 5.91 Å². The SMILES string of the molecule is CNCCN(C)C(=O)c1c2c(nc3ccccc13)/C(=C\c1ccco1)CCC2. The highest BCUT2D eigenvalue weighted by atomic mass is 16.3. The number of hydrogen-bond donors (Lipinski definition) is 1. The van der Waals surface area contributed by atoms with Crippen LogP contribution in [0.4, 0.5) is 0 Å². The lowest BCUT2D eigenvalue weighted by molar-refractivity contribution is 0.0797. The zero-order valence-electron chi connectivity index (χ0n) is 16.4. The number of aromatic nitrogens is 1. The zero-order chi connectivity index (χ0) is 19.5. The van der Waals surface area contributed by atoms with E-state index < -0.39 is 0 Å². The summed E-state index contributed by atoms with van der Waals surface area (Å²) in [6, 6.07) is 11.8. The van der Waals surface area contributed by atoms with Crippen molar-refractivity contribution < 1.29 is 9.21 Å². The summed E-state index contributed by atoms with van der Waals surface area (Å²) < 4.78 is 5.51. The predicted molar refractivity (Wildman–Crippen MR) is 112 cm³/mol. The quantitative estimate of drug-likeness (QED) is 0.732. The fraction of sp³-hybridized carbons (Fsp3) is 0.304. The molecule has 5 nitrogen and oxygen atoms in total. The maximum absolute atomic E-state index is 13.4. The van der Waals surface area contributed by atoms with Crippen LogP contribution >= 0.6 is 0 Å². The van der Waals surface area contributed by atoms with Crippen LogP contribution in [-0.4, -0.2) is 43.0 Å². The monoisotopic (exact) mass is 375 g/mol. The van der Waals surface area contributed by atoms with E-state index in [0.29, 0.717) is 6.54 Å². The number of para-hydroxylation sites is 1. The van der Waals surface area contributed by atoms with Gasteiger partial charge in [-0.2, -0.15) is 0 Å². The molecule has 0 saturated heterocycles. The van der Waals surface area contributed by atoms with Crippen LogP contribution in [0.25, 0.3) is 22.6 Å². The lowest BCUT2D eigenvalue weighted by atomic mass is 9.86. The van der Waals surface area contributed by atoms with E-state index >= 15 is 0 Å². The fourth-order valence-corrected chi connectivity index (χ4v) is 3.84. The molecule has 0 unspecified atom stereocenters. The molecule has 0 radical (unpaired) electrons. The van der Waals surface area contributed by atoms with Crippen LogP contribution in [0.15, 0.2) is 47.1 Å². The lowest BCUT2D eigenvalue weighted by Crippen LogP contribution is -2.34. The Morgan fingerprint density at radius 2 is 2.11 bits per heavy atom. The van der Waals surface area contributed by atoms with Crippen LogP contribution in [0.1, 0.15) is 40.2 Å². The van der Waals surface area contributed by atoms with Gasteiger partial charge in [-0.25, -0.2) is 4.98 Å². The number of fused-ring (bicyclic) bond motifs is 2. The predicted octanol–water partition coefficient (Wildman–Crippen LogP) is 4.00. The Kier molecular flexibility index (Phi) is 5.26. The van der Waals surface area contributed by atoms with Gasteiger partial charge >= 0.3 is 0 Å². The molecule has 144 valence electrons. The molecule has 0 spiro atoms. The van der Waals surface area contributed by atoms with Crippen LogP contribution in [0, 0.1) is 0 Å². The number of carbonyl (C=O) groups excluding carboxylic acids is 1. The number of nitrogens with zero attached hydrogens (tertiary/aromatic N) is 2. The van der Waals surface area contributed by atoms with Gasteiger partial charge in [0.05, 0.1) is 23.0 Å². The molecule has 0 saturated carbocycles. The van der Waals surface area contributed by atoms with Gasteiger partial charge in [0.2, 0.25) is 0 Å². The molecule has 0 fully saturated rings. The van der Waals surface area contributed by atoms with Crippen LogP contribution < -0.4 is 5.32 Å². The minimum Gasteiger partial charge on any atom is -0.465 e. The summed E-state index contributed by atoms with van der Waals surface area (Å²) in [4.78, 5) is 20.1. The second kappa shape index (κ2) is 7.98. The van der Waals surface area contributed by atoms with Crippen molar-refractivity contribution >= 4 is 28.5 Å². The van der Waals surface area contributed by atoms with Crippen molar-refractivity contribution in [1.82, 2.24) is 15.2 Å². The van der Waals surface area contributed by atoms with Gasteiger partial charge in [0, 0.05) is 25.5 Å². The van der Waals surface area contributed by atoms with Crippen molar-refractivity contribution in [3.05, 3.63) is 65.2 Å². The standard InChI is InChI=1S/C23H25N3O2/c1-24-12-13-26(2)23(27)21-18-9-3-4-11-20(18)25-22-16(7-5-10-19(21)22)15-17-8-6-14-28-17/h3-4,6,8-9,11,14-15,24H,5,7,10,12-13H2,1-2H3/b16-15-. The van der Waals surface area contributed by atoms with E-state index in [4.69, 9.17) is 9.40 Å². The van der Waals surface area contributed by atoms with Crippen molar-refractivity contribution in [3.8, 4) is 0 Å². The molecule has 4 rings (SSSR count). The molecule has 1 aromatic carbocycles. The molecule has 1 aliphatic rings. The summed E-state index contributed by atoms with van der Waals surface area (Å²) in [6.07, 6.45) is 6.53. The average Bonchev–Trinajstić information content (AvgIpc) is 3.23. The summed E-state index contributed by atoms with van der Waals surface area (Å²) >= 11 is 0. The van der Waals surface area contributed by atoms with Crippen LogP contribution in [0.2, 0.25) is 0 Å². The lowest BCUT2D eigenvalue weighted by Gasteiger charge is -2.25. The molecule has 0 bridgehead atoms. The van der Waals surface area contributed by atoms with Gasteiger partial charge < -0.3 is 14.6 Å². The summed E-state index contributed by atoms with van der Waals surface area (Å²) in [7, 11) is 3.76. The molecular formula is C23H25N3O2. The van der Waals surface area contributed by atoms with Gasteiger partial charge in [-0.05, 0) is 61.7 Å². The summed E-state index contributed by atoms with van der Waals surface area (Å²) in [5, 5.41) is 4.04. The summed E-state index contributed by atoms with van der Waals surface area (Å²) in [5.41, 5.74) is 4.78. The van der Waals surface area contributed by atoms with Crippen LogP contribution in [0.5, 0.6) is 0 Å². The molecular weight excluding hydrogens is 350 g/mol. The Morgan fingerprint density at radius 1 is 1.25 bits per heavy atom. The fourth-order valence-electron chi connectivity index (χ4n) is 3.84. The van der Waals surface area contributed by atoms with Crippen molar-refractivity contribution in [2.45, 2.75) is 19.3 Å². The second-order valence-electron chi connectivity index (χ2n) is 7.20. The second-order valence-corrected chi connectivity index (χ2v) is 7.20. The normalized spacial score (nSPS) is 15.0. The highest BCUT2D eigenvalue weighted by Gasteiger charge is 2.26. The Morgan fingerprint density at radius 3 is 2.89 bits per heavy atom. The van der Waals surface area contributed by atoms with Crippen molar-refractivity contribution in [3.63, 3.8) is 0 Å². The number of carbonyl (C=O) groups is 1. The third-order valence-electron chi connectivity index (χ3n) is 5.29. The number of allylic oxidation sites excluding steroid dienone is 1. The largest absolute Gasteiger partial charge is 0.465 e. The molecule has 2 heterocycles. The topological polar surface area (TPSA) is 58.4 Å². The number of rotatable bonds is 5. The number of furan rings is 1. The summed E-state index contributed by atoms with van der Waals surface area (Å²) in [5.74, 6) is 0.876. The molecule has 1 amide bonds. The molecule has 3 aromatic rings. The van der Waals surface area contributed by atoms with Crippen molar-refractivity contribution in [2.24, 2.45) is 0 Å². The van der Waals surface area contributed by atoms with E-state index in [1.165, 1.54) is 0 Å². The number of hydrogen-bond acceptors (Lipinski definition) is 4. The molecule has 0 atom stereocenters. The Bertz CT molecular complexity index is 1020. The van der Waals surface area contributed by atoms with Crippen LogP contribution in [-0.2, 0) is 6.42 Å². The van der Waals surface area contributed by atoms with Gasteiger partial charge in [-0.1, -0.05) is 18.2 Å². The minimum absolute atomic E-state index is 0.0596. The molecule has 28 heavy (non-hydrogen) atoms. The molecule has 1 N–H and O–H groups in total. The number of benzene rings is 1. The maximum Gasteiger partial charge on any atom is 0.254 e. The maximum atomic E-state index is 13.4. The smallest absolute Gasteiger partial charge is 0.254 e. The number of nitrogens with one attached hydrogen (secondary N) is 1. The van der Waals surface area contributed by atoms with Gasteiger partial charge in [-0.15, -0.1) is 0 Å². The third-order valence-corrected chi connectivity index (χ3v) is 5.29. The highest BCUT2D eigenvalue weighted by Crippen LogP contribution is 2.36. The number of pyridine rings is 1. The molecule has 0 aliphatic heterocycles. The van der Waals surface area contributed by atoms with E-state index in [9.17, 15) is 4.79 Å². The van der Waals surface area contributed by atoms with Gasteiger partial charge in [0.1, 0.15) is 5.76 Å². The van der Waals surface area contributed by atoms with Gasteiger partial charge in [0.15, 0.2) is 0 Å². The molecule has 5 heteroatoms. The molecule has 2 aromatic heterocycles. The first-order valence-electron chi connectivity index (χ1n) is 9.75. The van der Waals surface area contributed by atoms with E-state index in [1.54, 1.807) is 11.2 Å². The van der Waals surface area contributed by atoms with E-state index in [0.717, 1.165) is 64.9 Å². The van der Waals surface area contributed by atoms with E-state index in [2.05, 4.69) is 11.4 Å². The third kappa shape index (κ3) is 3.45. The minimum atomic E-state index is 0.0596. The summed E-state index contributed by atoms with van der Waals surface area (Å²) in [6.45, 7) is 1.42. The zero-order valence-corrected chi connectivity index (χ0v) is 16.4. The first kappa shape index (κ1) is 18.4. The van der Waals surface area contributed by atoms with E-state index in [-0.39, 0.29) is 5.91 Å². The number of likely N-dealkylation sites (N-methyl/N-ethyl adjacent to an activating group) is 2. The van der Waals surface area contributed by atoms with Crippen molar-refractivity contribution in [2.75, 3.05) is 27.2 Å². The van der Waals surface area contributed by atoms with Crippen molar-refractivity contribution in [1.29, 1.82) is 0 Å².